The van der Waals surface area contributed by atoms with Gasteiger partial charge in [0.2, 0.25) is 0 Å². The summed E-state index contributed by atoms with van der Waals surface area (Å²) >= 11 is 1.85. The third-order valence-corrected chi connectivity index (χ3v) is 5.35. The van der Waals surface area contributed by atoms with E-state index >= 15 is 0 Å². The van der Waals surface area contributed by atoms with Gasteiger partial charge in [0.05, 0.1) is 17.1 Å². The van der Waals surface area contributed by atoms with Crippen LogP contribution in [0.2, 0.25) is 0 Å². The Morgan fingerprint density at radius 3 is 3.21 bits per heavy atom. The third-order valence-electron chi connectivity index (χ3n) is 4.16. The van der Waals surface area contributed by atoms with Crippen LogP contribution in [0.1, 0.15) is 38.1 Å². The number of carbonyl (C=O) groups excluding carboxylic acids is 1. The number of rotatable bonds is 6. The molecule has 5 nitrogen and oxygen atoms in total. The highest BCUT2D eigenvalue weighted by Gasteiger charge is 2.32. The van der Waals surface area contributed by atoms with Crippen LogP contribution in [0.5, 0.6) is 0 Å². The monoisotopic (exact) mass is 350 g/mol. The topological polar surface area (TPSA) is 61.0 Å². The lowest BCUT2D eigenvalue weighted by Crippen LogP contribution is -2.40. The number of imidazole rings is 1. The molecule has 1 aliphatic heterocycles. The van der Waals surface area contributed by atoms with E-state index in [2.05, 4.69) is 22.2 Å². The van der Waals surface area contributed by atoms with Gasteiger partial charge in [-0.25, -0.2) is 14.2 Å². The lowest BCUT2D eigenvalue weighted by Gasteiger charge is -2.23. The lowest BCUT2D eigenvalue weighted by molar-refractivity contribution is 0.192. The van der Waals surface area contributed by atoms with Crippen molar-refractivity contribution in [3.8, 4) is 0 Å². The minimum absolute atomic E-state index is 0.0405. The molecule has 1 atom stereocenters. The molecule has 2 heterocycles. The maximum atomic E-state index is 13.3. The molecule has 1 saturated heterocycles. The smallest absolute Gasteiger partial charge is 0.318 e. The number of hydrogen-bond acceptors (Lipinski definition) is 3. The number of carbonyl (C=O) groups is 1. The van der Waals surface area contributed by atoms with Gasteiger partial charge in [-0.1, -0.05) is 6.92 Å². The number of hydrogen-bond donors (Lipinski definition) is 2. The Morgan fingerprint density at radius 2 is 2.38 bits per heavy atom. The van der Waals surface area contributed by atoms with Crippen molar-refractivity contribution in [2.45, 2.75) is 32.2 Å². The summed E-state index contributed by atoms with van der Waals surface area (Å²) in [5, 5.41) is 2.99. The molecule has 0 radical (unpaired) electrons. The number of aromatic nitrogens is 2. The zero-order valence-electron chi connectivity index (χ0n) is 13.8. The van der Waals surface area contributed by atoms with E-state index in [4.69, 9.17) is 0 Å². The molecule has 7 heteroatoms. The predicted octanol–water partition coefficient (Wildman–Crippen LogP) is 3.69. The Bertz CT molecular complexity index is 705. The number of likely N-dealkylation sites (tertiary alicyclic amines) is 1. The molecule has 0 bridgehead atoms. The van der Waals surface area contributed by atoms with Crippen LogP contribution in [-0.4, -0.2) is 45.5 Å². The van der Waals surface area contributed by atoms with Crippen LogP contribution < -0.4 is 5.32 Å². The number of benzene rings is 1. The molecule has 0 spiro atoms. The van der Waals surface area contributed by atoms with Crippen molar-refractivity contribution in [3.05, 3.63) is 29.8 Å². The molecular weight excluding hydrogens is 327 g/mol. The van der Waals surface area contributed by atoms with Crippen molar-refractivity contribution in [2.75, 3.05) is 24.6 Å². The Balaban J connectivity index is 1.64. The predicted molar refractivity (Wildman–Crippen MR) is 95.7 cm³/mol. The van der Waals surface area contributed by atoms with Gasteiger partial charge in [0.25, 0.3) is 0 Å². The molecule has 0 saturated carbocycles. The van der Waals surface area contributed by atoms with E-state index in [1.165, 1.54) is 12.1 Å². The van der Waals surface area contributed by atoms with Gasteiger partial charge in [-0.05, 0) is 43.2 Å². The van der Waals surface area contributed by atoms with E-state index in [-0.39, 0.29) is 17.9 Å². The second kappa shape index (κ2) is 7.88. The molecule has 3 rings (SSSR count). The van der Waals surface area contributed by atoms with Crippen LogP contribution in [0.3, 0.4) is 0 Å². The Hall–Kier alpha value is -1.76. The Kier molecular flexibility index (Phi) is 5.60. The van der Waals surface area contributed by atoms with Gasteiger partial charge in [-0.2, -0.15) is 11.8 Å². The normalized spacial score (nSPS) is 17.6. The van der Waals surface area contributed by atoms with Gasteiger partial charge in [-0.15, -0.1) is 0 Å². The van der Waals surface area contributed by atoms with Crippen molar-refractivity contribution >= 4 is 28.8 Å². The van der Waals surface area contributed by atoms with Crippen LogP contribution in [0, 0.1) is 5.82 Å². The summed E-state index contributed by atoms with van der Waals surface area (Å²) in [7, 11) is 0. The zero-order valence-corrected chi connectivity index (χ0v) is 14.7. The Labute approximate surface area is 145 Å². The number of nitrogens with zero attached hydrogens (tertiary/aromatic N) is 2. The quantitative estimate of drug-likeness (QED) is 0.781. The molecule has 1 aliphatic rings. The number of aromatic amines is 1. The fourth-order valence-corrected chi connectivity index (χ4v) is 3.77. The second-order valence-corrected chi connectivity index (χ2v) is 7.20. The van der Waals surface area contributed by atoms with Crippen LogP contribution in [0.15, 0.2) is 18.2 Å². The molecule has 1 aromatic carbocycles. The van der Waals surface area contributed by atoms with Crippen molar-refractivity contribution in [2.24, 2.45) is 0 Å². The Morgan fingerprint density at radius 1 is 1.50 bits per heavy atom. The number of halogens is 1. The highest BCUT2D eigenvalue weighted by Crippen LogP contribution is 2.31. The van der Waals surface area contributed by atoms with Gasteiger partial charge < -0.3 is 15.2 Å². The average molecular weight is 350 g/mol. The molecule has 1 fully saturated rings. The molecular formula is C17H23FN4OS. The van der Waals surface area contributed by atoms with E-state index in [0.717, 1.165) is 48.7 Å². The molecule has 24 heavy (non-hydrogen) atoms. The minimum Gasteiger partial charge on any atom is -0.340 e. The zero-order chi connectivity index (χ0) is 16.9. The first kappa shape index (κ1) is 17.1. The van der Waals surface area contributed by atoms with Crippen molar-refractivity contribution in [3.63, 3.8) is 0 Å². The van der Waals surface area contributed by atoms with Gasteiger partial charge in [0.1, 0.15) is 11.6 Å². The van der Waals surface area contributed by atoms with Gasteiger partial charge in [0.15, 0.2) is 0 Å². The van der Waals surface area contributed by atoms with Crippen molar-refractivity contribution < 1.29 is 9.18 Å². The number of urea groups is 1. The summed E-state index contributed by atoms with van der Waals surface area (Å²) in [6, 6.07) is 4.40. The number of fused-ring (bicyclic) bond motifs is 1. The molecule has 1 aromatic heterocycles. The van der Waals surface area contributed by atoms with Crippen LogP contribution in [-0.2, 0) is 0 Å². The van der Waals surface area contributed by atoms with Gasteiger partial charge in [0, 0.05) is 18.8 Å². The summed E-state index contributed by atoms with van der Waals surface area (Å²) in [6.07, 6.45) is 2.98. The van der Waals surface area contributed by atoms with Crippen molar-refractivity contribution in [1.29, 1.82) is 0 Å². The summed E-state index contributed by atoms with van der Waals surface area (Å²) in [6.45, 7) is 3.56. The summed E-state index contributed by atoms with van der Waals surface area (Å²) in [5.41, 5.74) is 1.41. The fraction of sp³-hybridized carbons (Fsp3) is 0.529. The third kappa shape index (κ3) is 3.83. The highest BCUT2D eigenvalue weighted by molar-refractivity contribution is 7.99. The average Bonchev–Trinajstić information content (AvgIpc) is 3.20. The molecule has 2 amide bonds. The van der Waals surface area contributed by atoms with Gasteiger partial charge in [-0.3, -0.25) is 0 Å². The number of amides is 2. The van der Waals surface area contributed by atoms with Crippen LogP contribution >= 0.6 is 11.8 Å². The van der Waals surface area contributed by atoms with E-state index < -0.39 is 0 Å². The SMILES string of the molecule is CCCSCCNC(=O)N1CCC[C@H]1c1nc2ccc(F)cc2[nH]1. The number of thioether (sulfide) groups is 1. The largest absolute Gasteiger partial charge is 0.340 e. The van der Waals surface area contributed by atoms with Crippen molar-refractivity contribution in [1.82, 2.24) is 20.2 Å². The first-order chi connectivity index (χ1) is 11.7. The molecule has 0 unspecified atom stereocenters. The molecule has 2 N–H and O–H groups in total. The summed E-state index contributed by atoms with van der Waals surface area (Å²) in [5.74, 6) is 2.51. The minimum atomic E-state index is -0.289. The molecule has 2 aromatic rings. The first-order valence-electron chi connectivity index (χ1n) is 8.46. The maximum absolute atomic E-state index is 13.3. The van der Waals surface area contributed by atoms with E-state index in [0.29, 0.717) is 12.1 Å². The number of H-pyrrole nitrogens is 1. The highest BCUT2D eigenvalue weighted by atomic mass is 32.2. The summed E-state index contributed by atoms with van der Waals surface area (Å²) < 4.78 is 13.3. The van der Waals surface area contributed by atoms with E-state index in [1.807, 2.05) is 16.7 Å². The van der Waals surface area contributed by atoms with Gasteiger partial charge >= 0.3 is 6.03 Å². The molecule has 130 valence electrons. The maximum Gasteiger partial charge on any atom is 0.318 e. The first-order valence-corrected chi connectivity index (χ1v) is 9.62. The summed E-state index contributed by atoms with van der Waals surface area (Å²) in [4.78, 5) is 22.0. The van der Waals surface area contributed by atoms with E-state index in [9.17, 15) is 9.18 Å². The standard InChI is InChI=1S/C17H23FN4OS/c1-2-9-24-10-7-19-17(23)22-8-3-4-15(22)16-20-13-6-5-12(18)11-14(13)21-16/h5-6,11,15H,2-4,7-10H2,1H3,(H,19,23)(H,20,21)/t15-/m0/s1. The van der Waals surface area contributed by atoms with E-state index in [1.54, 1.807) is 6.07 Å². The second-order valence-electron chi connectivity index (χ2n) is 5.98. The molecule has 0 aliphatic carbocycles. The van der Waals surface area contributed by atoms with Crippen LogP contribution in [0.25, 0.3) is 11.0 Å². The fourth-order valence-electron chi connectivity index (χ4n) is 3.03. The number of nitrogens with one attached hydrogen (secondary N) is 2. The van der Waals surface area contributed by atoms with Crippen LogP contribution in [0.4, 0.5) is 9.18 Å². The lowest BCUT2D eigenvalue weighted by atomic mass is 10.2.